The summed E-state index contributed by atoms with van der Waals surface area (Å²) in [4.78, 5) is 13.5. The molecule has 0 aliphatic heterocycles. The molecule has 0 aliphatic carbocycles. The molecule has 0 rings (SSSR count). The van der Waals surface area contributed by atoms with Crippen molar-refractivity contribution in [2.24, 2.45) is 5.73 Å². The molecule has 4 nitrogen and oxygen atoms in total. The first kappa shape index (κ1) is 15.4. The van der Waals surface area contributed by atoms with Crippen LogP contribution in [0.5, 0.6) is 0 Å². The van der Waals surface area contributed by atoms with Gasteiger partial charge < -0.3 is 11.1 Å². The first-order valence-corrected chi connectivity index (χ1v) is 6.13. The van der Waals surface area contributed by atoms with E-state index >= 15 is 0 Å². The molecule has 0 aliphatic rings. The van der Waals surface area contributed by atoms with E-state index in [9.17, 15) is 4.79 Å². The molecule has 0 aromatic rings. The Balaban J connectivity index is 4.09. The van der Waals surface area contributed by atoms with Crippen LogP contribution in [0.2, 0.25) is 0 Å². The van der Waals surface area contributed by atoms with E-state index in [2.05, 4.69) is 31.0 Å². The Kier molecular flexibility index (Phi) is 7.34. The van der Waals surface area contributed by atoms with Gasteiger partial charge in [-0.25, -0.2) is 0 Å². The van der Waals surface area contributed by atoms with Crippen LogP contribution >= 0.6 is 0 Å². The van der Waals surface area contributed by atoms with E-state index in [4.69, 9.17) is 5.73 Å². The van der Waals surface area contributed by atoms with Crippen molar-refractivity contribution < 1.29 is 4.79 Å². The van der Waals surface area contributed by atoms with E-state index in [0.717, 1.165) is 25.9 Å². The molecular weight excluding hydrogens is 202 g/mol. The van der Waals surface area contributed by atoms with Crippen molar-refractivity contribution in [2.45, 2.75) is 45.6 Å². The molecule has 0 saturated carbocycles. The van der Waals surface area contributed by atoms with Crippen LogP contribution in [0.1, 0.15) is 40.0 Å². The van der Waals surface area contributed by atoms with Crippen LogP contribution in [0.4, 0.5) is 0 Å². The quantitative estimate of drug-likeness (QED) is 0.652. The SMILES string of the molecule is CCCN(CCCC(=O)NC)C(C)(C)CN. The van der Waals surface area contributed by atoms with Crippen molar-refractivity contribution in [3.8, 4) is 0 Å². The number of carbonyl (C=O) groups is 1. The third-order valence-corrected chi connectivity index (χ3v) is 2.96. The average molecular weight is 229 g/mol. The highest BCUT2D eigenvalue weighted by Crippen LogP contribution is 2.14. The molecular formula is C12H27N3O. The maximum Gasteiger partial charge on any atom is 0.219 e. The maximum atomic E-state index is 11.1. The summed E-state index contributed by atoms with van der Waals surface area (Å²) in [7, 11) is 1.68. The molecule has 0 bridgehead atoms. The van der Waals surface area contributed by atoms with Crippen molar-refractivity contribution >= 4 is 5.91 Å². The van der Waals surface area contributed by atoms with Crippen LogP contribution in [-0.2, 0) is 4.79 Å². The zero-order chi connectivity index (χ0) is 12.6. The summed E-state index contributed by atoms with van der Waals surface area (Å²) >= 11 is 0. The summed E-state index contributed by atoms with van der Waals surface area (Å²) in [5, 5.41) is 2.64. The summed E-state index contributed by atoms with van der Waals surface area (Å²) in [5.41, 5.74) is 5.80. The molecule has 0 unspecified atom stereocenters. The largest absolute Gasteiger partial charge is 0.359 e. The highest BCUT2D eigenvalue weighted by molar-refractivity contribution is 5.75. The number of nitrogens with one attached hydrogen (secondary N) is 1. The molecule has 16 heavy (non-hydrogen) atoms. The van der Waals surface area contributed by atoms with Crippen molar-refractivity contribution in [2.75, 3.05) is 26.7 Å². The first-order chi connectivity index (χ1) is 7.47. The Bertz CT molecular complexity index is 204. The Morgan fingerprint density at radius 1 is 1.38 bits per heavy atom. The van der Waals surface area contributed by atoms with Crippen LogP contribution in [0.3, 0.4) is 0 Å². The minimum atomic E-state index is 0.0265. The normalized spacial score (nSPS) is 11.9. The molecule has 0 radical (unpaired) electrons. The second-order valence-corrected chi connectivity index (χ2v) is 4.78. The van der Waals surface area contributed by atoms with Gasteiger partial charge in [0.25, 0.3) is 0 Å². The van der Waals surface area contributed by atoms with E-state index in [1.807, 2.05) is 0 Å². The van der Waals surface area contributed by atoms with Gasteiger partial charge in [-0.3, -0.25) is 9.69 Å². The lowest BCUT2D eigenvalue weighted by molar-refractivity contribution is -0.120. The Morgan fingerprint density at radius 2 is 2.00 bits per heavy atom. The fraction of sp³-hybridized carbons (Fsp3) is 0.917. The van der Waals surface area contributed by atoms with E-state index in [1.165, 1.54) is 0 Å². The first-order valence-electron chi connectivity index (χ1n) is 6.13. The molecule has 0 spiro atoms. The van der Waals surface area contributed by atoms with Gasteiger partial charge in [0, 0.05) is 25.6 Å². The third kappa shape index (κ3) is 5.47. The minimum absolute atomic E-state index is 0.0265. The van der Waals surface area contributed by atoms with Gasteiger partial charge in [-0.2, -0.15) is 0 Å². The minimum Gasteiger partial charge on any atom is -0.359 e. The second-order valence-electron chi connectivity index (χ2n) is 4.78. The van der Waals surface area contributed by atoms with Crippen LogP contribution in [0, 0.1) is 0 Å². The molecule has 0 aromatic heterocycles. The summed E-state index contributed by atoms with van der Waals surface area (Å²) in [5.74, 6) is 0.113. The molecule has 0 heterocycles. The highest BCUT2D eigenvalue weighted by Gasteiger charge is 2.23. The summed E-state index contributed by atoms with van der Waals surface area (Å²) < 4.78 is 0. The van der Waals surface area contributed by atoms with Crippen molar-refractivity contribution in [1.82, 2.24) is 10.2 Å². The molecule has 0 aromatic carbocycles. The number of rotatable bonds is 8. The van der Waals surface area contributed by atoms with Gasteiger partial charge in [0.15, 0.2) is 0 Å². The van der Waals surface area contributed by atoms with Crippen LogP contribution in [0.25, 0.3) is 0 Å². The molecule has 0 saturated heterocycles. The predicted octanol–water partition coefficient (Wildman–Crippen LogP) is 0.962. The third-order valence-electron chi connectivity index (χ3n) is 2.96. The molecule has 3 N–H and O–H groups in total. The summed E-state index contributed by atoms with van der Waals surface area (Å²) in [6.45, 7) is 9.10. The van der Waals surface area contributed by atoms with E-state index in [-0.39, 0.29) is 11.4 Å². The standard InChI is InChI=1S/C12H27N3O/c1-5-8-15(12(2,3)10-13)9-6-7-11(16)14-4/h5-10,13H2,1-4H3,(H,14,16). The number of amides is 1. The van der Waals surface area contributed by atoms with E-state index in [1.54, 1.807) is 7.05 Å². The average Bonchev–Trinajstić information content (AvgIpc) is 2.27. The van der Waals surface area contributed by atoms with Gasteiger partial charge in [0.05, 0.1) is 0 Å². The molecule has 0 atom stereocenters. The lowest BCUT2D eigenvalue weighted by Crippen LogP contribution is -2.50. The van der Waals surface area contributed by atoms with Crippen molar-refractivity contribution in [3.05, 3.63) is 0 Å². The predicted molar refractivity (Wildman–Crippen MR) is 68.3 cm³/mol. The maximum absolute atomic E-state index is 11.1. The van der Waals surface area contributed by atoms with Gasteiger partial charge in [-0.1, -0.05) is 6.92 Å². The van der Waals surface area contributed by atoms with E-state index < -0.39 is 0 Å². The van der Waals surface area contributed by atoms with Crippen molar-refractivity contribution in [3.63, 3.8) is 0 Å². The number of nitrogens with zero attached hydrogens (tertiary/aromatic N) is 1. The van der Waals surface area contributed by atoms with E-state index in [0.29, 0.717) is 13.0 Å². The smallest absolute Gasteiger partial charge is 0.219 e. The van der Waals surface area contributed by atoms with Gasteiger partial charge >= 0.3 is 0 Å². The second kappa shape index (κ2) is 7.63. The molecule has 4 heteroatoms. The summed E-state index contributed by atoms with van der Waals surface area (Å²) in [6.07, 6.45) is 2.60. The lowest BCUT2D eigenvalue weighted by atomic mass is 10.0. The van der Waals surface area contributed by atoms with Crippen LogP contribution < -0.4 is 11.1 Å². The Hall–Kier alpha value is -0.610. The highest BCUT2D eigenvalue weighted by atomic mass is 16.1. The number of hydrogen-bond donors (Lipinski definition) is 2. The Morgan fingerprint density at radius 3 is 2.44 bits per heavy atom. The van der Waals surface area contributed by atoms with Crippen LogP contribution in [0.15, 0.2) is 0 Å². The lowest BCUT2D eigenvalue weighted by Gasteiger charge is -2.37. The fourth-order valence-corrected chi connectivity index (χ4v) is 1.67. The van der Waals surface area contributed by atoms with Crippen molar-refractivity contribution in [1.29, 1.82) is 0 Å². The van der Waals surface area contributed by atoms with Gasteiger partial charge in [-0.05, 0) is 39.8 Å². The molecule has 0 fully saturated rings. The number of hydrogen-bond acceptors (Lipinski definition) is 3. The monoisotopic (exact) mass is 229 g/mol. The fourth-order valence-electron chi connectivity index (χ4n) is 1.67. The zero-order valence-corrected chi connectivity index (χ0v) is 11.2. The van der Waals surface area contributed by atoms with Gasteiger partial charge in [-0.15, -0.1) is 0 Å². The Labute approximate surface area is 99.6 Å². The van der Waals surface area contributed by atoms with Gasteiger partial charge in [0.1, 0.15) is 0 Å². The van der Waals surface area contributed by atoms with Crippen LogP contribution in [-0.4, -0.2) is 43.0 Å². The van der Waals surface area contributed by atoms with Gasteiger partial charge in [0.2, 0.25) is 5.91 Å². The molecule has 1 amide bonds. The molecule has 96 valence electrons. The zero-order valence-electron chi connectivity index (χ0n) is 11.2. The summed E-state index contributed by atoms with van der Waals surface area (Å²) in [6, 6.07) is 0. The number of nitrogens with two attached hydrogens (primary N) is 1. The topological polar surface area (TPSA) is 58.4 Å². The number of carbonyl (C=O) groups excluding carboxylic acids is 1.